The molecule has 5 heterocycles. The van der Waals surface area contributed by atoms with E-state index < -0.39 is 17.7 Å². The van der Waals surface area contributed by atoms with Crippen LogP contribution in [0, 0.1) is 24.1 Å². The number of ether oxygens (including phenoxy) is 1. The van der Waals surface area contributed by atoms with Crippen molar-refractivity contribution in [1.82, 2.24) is 35.2 Å². The maximum Gasteiger partial charge on any atom is 0.433 e. The number of rotatable bonds is 6. The normalized spacial score (nSPS) is 21.7. The number of hydrogen-bond acceptors (Lipinski definition) is 8. The van der Waals surface area contributed by atoms with Gasteiger partial charge in [-0.25, -0.2) is 14.1 Å². The van der Waals surface area contributed by atoms with E-state index >= 15 is 4.39 Å². The number of alkyl halides is 3. The number of nitrogens with zero attached hydrogens (tertiary/aromatic N) is 7. The van der Waals surface area contributed by atoms with Crippen LogP contribution in [0.15, 0.2) is 24.4 Å². The van der Waals surface area contributed by atoms with Gasteiger partial charge in [0, 0.05) is 34.8 Å². The first-order valence-electron chi connectivity index (χ1n) is 14.0. The number of nitrogens with one attached hydrogen (secondary N) is 1. The number of aromatic nitrogens is 5. The summed E-state index contributed by atoms with van der Waals surface area (Å²) in [5.74, 6) is -0.809. The molecule has 0 bridgehead atoms. The lowest BCUT2D eigenvalue weighted by Crippen LogP contribution is -2.38. The van der Waals surface area contributed by atoms with E-state index in [1.54, 1.807) is 17.7 Å². The van der Waals surface area contributed by atoms with Crippen molar-refractivity contribution >= 4 is 21.9 Å². The lowest BCUT2D eigenvalue weighted by Gasteiger charge is -2.29. The Bertz CT molecular complexity index is 1680. The predicted molar refractivity (Wildman–Crippen MR) is 147 cm³/mol. The number of hydrogen-bond donors (Lipinski definition) is 1. The molecule has 3 aromatic heterocycles. The molecule has 220 valence electrons. The molecule has 2 aliphatic heterocycles. The van der Waals surface area contributed by atoms with Crippen molar-refractivity contribution in [3.63, 3.8) is 0 Å². The molecular weight excluding hydrogens is 552 g/mol. The Morgan fingerprint density at radius 2 is 2.07 bits per heavy atom. The minimum atomic E-state index is -4.78. The number of likely N-dealkylation sites (N-methyl/N-ethyl adjacent to an activating group) is 1. The number of likely N-dealkylation sites (tertiary alicyclic amines) is 1. The summed E-state index contributed by atoms with van der Waals surface area (Å²) in [6.45, 7) is 3.47. The van der Waals surface area contributed by atoms with Crippen molar-refractivity contribution in [1.29, 1.82) is 5.26 Å². The van der Waals surface area contributed by atoms with Crippen LogP contribution >= 0.6 is 0 Å². The highest BCUT2D eigenvalue weighted by atomic mass is 19.4. The van der Waals surface area contributed by atoms with Crippen LogP contribution in [0.5, 0.6) is 5.88 Å². The molecule has 0 radical (unpaired) electrons. The molecule has 1 N–H and O–H groups in total. The summed E-state index contributed by atoms with van der Waals surface area (Å²) in [6.07, 6.45) is -0.115. The van der Waals surface area contributed by atoms with Crippen LogP contribution in [0.25, 0.3) is 33.1 Å². The average Bonchev–Trinajstić information content (AvgIpc) is 3.59. The number of aryl methyl sites for hydroxylation is 1. The second kappa shape index (κ2) is 11.1. The van der Waals surface area contributed by atoms with Gasteiger partial charge in [-0.3, -0.25) is 4.98 Å². The predicted octanol–water partition coefficient (Wildman–Crippen LogP) is 5.19. The third kappa shape index (κ3) is 5.03. The molecule has 0 aliphatic carbocycles. The van der Waals surface area contributed by atoms with Gasteiger partial charge in [-0.05, 0) is 70.4 Å². The van der Waals surface area contributed by atoms with E-state index in [1.807, 2.05) is 7.05 Å². The first-order chi connectivity index (χ1) is 20.2. The third-order valence-electron chi connectivity index (χ3n) is 8.38. The molecule has 2 aliphatic rings. The van der Waals surface area contributed by atoms with Crippen LogP contribution in [0.1, 0.15) is 49.4 Å². The number of pyridine rings is 2. The van der Waals surface area contributed by atoms with Crippen molar-refractivity contribution in [3.8, 4) is 23.1 Å². The Balaban J connectivity index is 1.55. The van der Waals surface area contributed by atoms with Gasteiger partial charge in [-0.15, -0.1) is 5.10 Å². The summed E-state index contributed by atoms with van der Waals surface area (Å²) in [6, 6.07) is 6.39. The second-order valence-electron chi connectivity index (χ2n) is 11.1. The molecule has 4 aromatic rings. The molecule has 9 nitrogen and oxygen atoms in total. The Hall–Kier alpha value is -3.89. The lowest BCUT2D eigenvalue weighted by atomic mass is 9.95. The van der Waals surface area contributed by atoms with E-state index in [4.69, 9.17) is 4.74 Å². The minimum Gasteiger partial charge on any atom is -0.474 e. The van der Waals surface area contributed by atoms with Crippen molar-refractivity contribution < 1.29 is 22.3 Å². The molecule has 3 atom stereocenters. The van der Waals surface area contributed by atoms with Gasteiger partial charge in [0.05, 0.1) is 18.5 Å². The topological polar surface area (TPSA) is 105 Å². The van der Waals surface area contributed by atoms with Gasteiger partial charge < -0.3 is 15.0 Å². The fourth-order valence-corrected chi connectivity index (χ4v) is 6.26. The van der Waals surface area contributed by atoms with Crippen molar-refractivity contribution in [2.24, 2.45) is 0 Å². The van der Waals surface area contributed by atoms with Gasteiger partial charge in [0.15, 0.2) is 17.0 Å². The first kappa shape index (κ1) is 28.2. The van der Waals surface area contributed by atoms with E-state index in [2.05, 4.69) is 36.6 Å². The van der Waals surface area contributed by atoms with Gasteiger partial charge in [-0.2, -0.15) is 18.4 Å². The van der Waals surface area contributed by atoms with Gasteiger partial charge in [0.2, 0.25) is 5.88 Å². The van der Waals surface area contributed by atoms with Crippen LogP contribution in [0.2, 0.25) is 0 Å². The van der Waals surface area contributed by atoms with Crippen LogP contribution in [-0.2, 0) is 6.18 Å². The summed E-state index contributed by atoms with van der Waals surface area (Å²) in [5.41, 5.74) is -0.702. The molecule has 2 saturated heterocycles. The van der Waals surface area contributed by atoms with Crippen LogP contribution in [0.3, 0.4) is 0 Å². The Morgan fingerprint density at radius 3 is 2.81 bits per heavy atom. The quantitative estimate of drug-likeness (QED) is 0.310. The fraction of sp³-hybridized carbons (Fsp3) is 0.483. The van der Waals surface area contributed by atoms with Crippen molar-refractivity contribution in [2.45, 2.75) is 63.3 Å². The zero-order valence-corrected chi connectivity index (χ0v) is 23.2. The zero-order valence-electron chi connectivity index (χ0n) is 23.2. The SMILES string of the molecule is Cc1cc2c(nc(OC[C@@H]3CCCN3C)c3nnn([C@H]4CCN[C@H](CC#N)C4)c32)c(F)c1-c1cccnc1C(F)(F)F. The van der Waals surface area contributed by atoms with Gasteiger partial charge in [0.25, 0.3) is 0 Å². The Kier molecular flexibility index (Phi) is 7.44. The smallest absolute Gasteiger partial charge is 0.433 e. The summed E-state index contributed by atoms with van der Waals surface area (Å²) >= 11 is 0. The van der Waals surface area contributed by atoms with Crippen LogP contribution < -0.4 is 10.1 Å². The summed E-state index contributed by atoms with van der Waals surface area (Å²) < 4.78 is 66.1. The molecule has 0 saturated carbocycles. The number of fused-ring (bicyclic) bond motifs is 3. The number of nitriles is 1. The summed E-state index contributed by atoms with van der Waals surface area (Å²) in [4.78, 5) is 10.2. The first-order valence-corrected chi connectivity index (χ1v) is 14.0. The molecule has 6 rings (SSSR count). The lowest BCUT2D eigenvalue weighted by molar-refractivity contribution is -0.140. The number of benzene rings is 1. The molecule has 0 spiro atoms. The van der Waals surface area contributed by atoms with E-state index in [0.29, 0.717) is 54.4 Å². The molecule has 1 aromatic carbocycles. The maximum atomic E-state index is 16.5. The van der Waals surface area contributed by atoms with E-state index in [1.165, 1.54) is 12.1 Å². The largest absolute Gasteiger partial charge is 0.474 e. The maximum absolute atomic E-state index is 16.5. The number of halogens is 4. The fourth-order valence-electron chi connectivity index (χ4n) is 6.26. The van der Waals surface area contributed by atoms with E-state index in [-0.39, 0.29) is 40.6 Å². The highest BCUT2D eigenvalue weighted by Gasteiger charge is 2.37. The highest BCUT2D eigenvalue weighted by Crippen LogP contribution is 2.42. The molecule has 0 unspecified atom stereocenters. The van der Waals surface area contributed by atoms with E-state index in [9.17, 15) is 18.4 Å². The minimum absolute atomic E-state index is 0.0360. The Morgan fingerprint density at radius 1 is 1.24 bits per heavy atom. The molecular formula is C29H30F4N8O. The third-order valence-corrected chi connectivity index (χ3v) is 8.38. The monoisotopic (exact) mass is 582 g/mol. The van der Waals surface area contributed by atoms with Crippen molar-refractivity contribution in [3.05, 3.63) is 41.5 Å². The van der Waals surface area contributed by atoms with E-state index in [0.717, 1.165) is 25.6 Å². The Labute approximate surface area is 239 Å². The van der Waals surface area contributed by atoms with Gasteiger partial charge in [-0.1, -0.05) is 11.3 Å². The van der Waals surface area contributed by atoms with Crippen molar-refractivity contribution in [2.75, 3.05) is 26.7 Å². The summed E-state index contributed by atoms with van der Waals surface area (Å²) in [5, 5.41) is 21.8. The van der Waals surface area contributed by atoms with Gasteiger partial charge >= 0.3 is 6.18 Å². The number of piperidine rings is 1. The van der Waals surface area contributed by atoms with Gasteiger partial charge in [0.1, 0.15) is 17.6 Å². The molecule has 13 heteroatoms. The molecule has 2 fully saturated rings. The second-order valence-corrected chi connectivity index (χ2v) is 11.1. The zero-order chi connectivity index (χ0) is 29.6. The summed E-state index contributed by atoms with van der Waals surface area (Å²) in [7, 11) is 2.01. The van der Waals surface area contributed by atoms with Crippen LogP contribution in [0.4, 0.5) is 17.6 Å². The average molecular weight is 583 g/mol. The standard InChI is InChI=1S/C29H30F4N8O/c1-16-13-21-24(23(30)22(16)20-6-3-10-36-27(20)29(31,32)33)37-28(42-15-19-5-4-12-40(19)2)25-26(21)41(39-38-25)18-8-11-35-17(14-18)7-9-34/h3,6,10,13,17-19,35H,4-5,7-8,11-12,14-15H2,1-2H3/t17-,18+,19+/m1/s1. The van der Waals surface area contributed by atoms with Crippen LogP contribution in [-0.4, -0.2) is 68.7 Å². The highest BCUT2D eigenvalue weighted by molar-refractivity contribution is 6.06. The molecule has 0 amide bonds. The molecule has 42 heavy (non-hydrogen) atoms.